The number of aryl methyl sites for hydroxylation is 1. The van der Waals surface area contributed by atoms with E-state index in [-0.39, 0.29) is 5.91 Å². The first-order valence-corrected chi connectivity index (χ1v) is 11.7. The van der Waals surface area contributed by atoms with E-state index in [4.69, 9.17) is 16.6 Å². The van der Waals surface area contributed by atoms with Gasteiger partial charge in [-0.05, 0) is 0 Å². The van der Waals surface area contributed by atoms with Crippen LogP contribution in [0.4, 0.5) is 5.69 Å². The van der Waals surface area contributed by atoms with E-state index >= 15 is 0 Å². The first-order valence-electron chi connectivity index (χ1n) is 8.91. The topological polar surface area (TPSA) is 35.9 Å². The zero-order valence-corrected chi connectivity index (χ0v) is 17.5. The fourth-order valence-corrected chi connectivity index (χ4v) is 5.22. The normalized spacial score (nSPS) is 19.0. The van der Waals surface area contributed by atoms with Crippen LogP contribution in [0.1, 0.15) is 11.1 Å². The van der Waals surface area contributed by atoms with Gasteiger partial charge >= 0.3 is 171 Å². The average Bonchev–Trinajstić information content (AvgIpc) is 3.01. The molecule has 0 aromatic heterocycles. The number of halogens is 1. The molecule has 0 unspecified atom stereocenters. The van der Waals surface area contributed by atoms with Crippen molar-refractivity contribution in [2.45, 2.75) is 17.6 Å². The summed E-state index contributed by atoms with van der Waals surface area (Å²) in [6, 6.07) is 15.5. The van der Waals surface area contributed by atoms with Gasteiger partial charge in [0.05, 0.1) is 0 Å². The van der Waals surface area contributed by atoms with Gasteiger partial charge in [0, 0.05) is 0 Å². The molecule has 2 aromatic carbocycles. The molecule has 138 valence electrons. The molecule has 27 heavy (non-hydrogen) atoms. The number of rotatable bonds is 2. The summed E-state index contributed by atoms with van der Waals surface area (Å²) in [6.07, 6.45) is 1.84. The zero-order chi connectivity index (χ0) is 18.8. The third-order valence-corrected chi connectivity index (χ3v) is 6.80. The zero-order valence-electron chi connectivity index (χ0n) is 15.1. The number of aliphatic imine (C=N–C) groups is 1. The minimum absolute atomic E-state index is 0.0818. The van der Waals surface area contributed by atoms with Crippen LogP contribution in [0.5, 0.6) is 0 Å². The van der Waals surface area contributed by atoms with Gasteiger partial charge in [0.25, 0.3) is 0 Å². The summed E-state index contributed by atoms with van der Waals surface area (Å²) in [7, 11) is 0. The number of hydrogen-bond acceptors (Lipinski definition) is 3. The van der Waals surface area contributed by atoms with E-state index in [2.05, 4.69) is 4.90 Å². The maximum atomic E-state index is 13.2. The molecule has 1 fully saturated rings. The van der Waals surface area contributed by atoms with E-state index in [0.717, 1.165) is 35.9 Å². The van der Waals surface area contributed by atoms with E-state index in [1.54, 1.807) is 4.90 Å². The molecule has 0 radical (unpaired) electrons. The Balaban J connectivity index is 1.74. The molecule has 0 aliphatic carbocycles. The van der Waals surface area contributed by atoms with Crippen LogP contribution in [-0.4, -0.2) is 44.8 Å². The molecule has 2 heterocycles. The van der Waals surface area contributed by atoms with E-state index in [9.17, 15) is 4.79 Å². The fourth-order valence-electron chi connectivity index (χ4n) is 3.20. The van der Waals surface area contributed by atoms with Gasteiger partial charge in [0.15, 0.2) is 0 Å². The number of nitrogens with zero attached hydrogens (tertiary/aromatic N) is 3. The van der Waals surface area contributed by atoms with Crippen LogP contribution in [-0.2, 0) is 4.79 Å². The fraction of sp³-hybridized carbons (Fsp3) is 0.238. The summed E-state index contributed by atoms with van der Waals surface area (Å²) in [4.78, 5) is 22.0. The number of amides is 1. The van der Waals surface area contributed by atoms with Crippen molar-refractivity contribution >= 4 is 50.2 Å². The SMILES string of the molecule is Cc1cccc(N2C(=O)/C(=C/c3ccc(Cl)cc3)N=C2N2CC[Se]CC2)c1. The molecule has 4 rings (SSSR count). The second-order valence-electron chi connectivity index (χ2n) is 6.57. The second kappa shape index (κ2) is 7.89. The summed E-state index contributed by atoms with van der Waals surface area (Å²) in [5.74, 6) is 0.669. The third-order valence-electron chi connectivity index (χ3n) is 4.57. The third kappa shape index (κ3) is 3.96. The molecule has 0 spiro atoms. The second-order valence-corrected chi connectivity index (χ2v) is 9.58. The van der Waals surface area contributed by atoms with Gasteiger partial charge in [-0.2, -0.15) is 0 Å². The van der Waals surface area contributed by atoms with Gasteiger partial charge in [0.1, 0.15) is 0 Å². The standard InChI is InChI=1S/C21H20ClN3OSe/c1-15-3-2-4-18(13-15)25-20(26)19(14-16-5-7-17(22)8-6-16)23-21(25)24-9-11-27-12-10-24/h2-8,13-14H,9-12H2,1H3/b19-14-. The number of carbonyl (C=O) groups is 1. The van der Waals surface area contributed by atoms with Crippen LogP contribution in [0.15, 0.2) is 59.2 Å². The van der Waals surface area contributed by atoms with Gasteiger partial charge in [-0.25, -0.2) is 0 Å². The Kier molecular flexibility index (Phi) is 5.35. The number of anilines is 1. The molecule has 4 nitrogen and oxygen atoms in total. The van der Waals surface area contributed by atoms with Gasteiger partial charge < -0.3 is 0 Å². The van der Waals surface area contributed by atoms with Crippen molar-refractivity contribution in [1.82, 2.24) is 4.90 Å². The Labute approximate surface area is 170 Å². The molecule has 0 atom stereocenters. The summed E-state index contributed by atoms with van der Waals surface area (Å²) >= 11 is 6.68. The Bertz CT molecular complexity index is 917. The molecular formula is C21H20ClN3OSe. The Hall–Kier alpha value is -2.07. The van der Waals surface area contributed by atoms with E-state index < -0.39 is 0 Å². The van der Waals surface area contributed by atoms with Gasteiger partial charge in [-0.15, -0.1) is 0 Å². The van der Waals surface area contributed by atoms with Crippen LogP contribution < -0.4 is 4.90 Å². The van der Waals surface area contributed by atoms with E-state index in [1.165, 1.54) is 10.6 Å². The van der Waals surface area contributed by atoms with Gasteiger partial charge in [0.2, 0.25) is 0 Å². The molecule has 0 saturated carbocycles. The van der Waals surface area contributed by atoms with Crippen LogP contribution in [0.2, 0.25) is 15.7 Å². The summed E-state index contributed by atoms with van der Waals surface area (Å²) in [5, 5.41) is 3.06. The molecule has 2 aliphatic heterocycles. The number of benzene rings is 2. The summed E-state index contributed by atoms with van der Waals surface area (Å²) in [5.41, 5.74) is 3.37. The van der Waals surface area contributed by atoms with Crippen LogP contribution in [0.3, 0.4) is 0 Å². The van der Waals surface area contributed by atoms with Gasteiger partial charge in [-0.3, -0.25) is 0 Å². The number of guanidine groups is 1. The van der Waals surface area contributed by atoms with E-state index in [0.29, 0.717) is 25.7 Å². The first-order chi connectivity index (χ1) is 13.1. The van der Waals surface area contributed by atoms with Crippen molar-refractivity contribution < 1.29 is 4.79 Å². The summed E-state index contributed by atoms with van der Waals surface area (Å²) in [6.45, 7) is 3.96. The minimum atomic E-state index is -0.0818. The molecule has 2 aromatic rings. The van der Waals surface area contributed by atoms with Crippen molar-refractivity contribution in [3.8, 4) is 0 Å². The van der Waals surface area contributed by atoms with Crippen molar-refractivity contribution in [2.75, 3.05) is 18.0 Å². The van der Waals surface area contributed by atoms with Gasteiger partial charge in [-0.1, -0.05) is 0 Å². The quantitative estimate of drug-likeness (QED) is 0.513. The molecule has 0 bridgehead atoms. The first kappa shape index (κ1) is 18.3. The monoisotopic (exact) mass is 445 g/mol. The predicted molar refractivity (Wildman–Crippen MR) is 112 cm³/mol. The molecule has 0 N–H and O–H groups in total. The predicted octanol–water partition coefficient (Wildman–Crippen LogP) is 4.25. The van der Waals surface area contributed by atoms with Crippen molar-refractivity contribution in [3.63, 3.8) is 0 Å². The molecule has 6 heteroatoms. The van der Waals surface area contributed by atoms with Crippen molar-refractivity contribution in [3.05, 3.63) is 70.4 Å². The average molecular weight is 445 g/mol. The van der Waals surface area contributed by atoms with E-state index in [1.807, 2.05) is 61.5 Å². The Morgan fingerprint density at radius 2 is 1.85 bits per heavy atom. The molecule has 1 saturated heterocycles. The van der Waals surface area contributed by atoms with Crippen LogP contribution in [0, 0.1) is 6.92 Å². The molecular weight excluding hydrogens is 425 g/mol. The van der Waals surface area contributed by atoms with Crippen LogP contribution in [0.25, 0.3) is 6.08 Å². The molecule has 2 aliphatic rings. The van der Waals surface area contributed by atoms with Crippen molar-refractivity contribution in [1.29, 1.82) is 0 Å². The van der Waals surface area contributed by atoms with Crippen LogP contribution >= 0.6 is 11.6 Å². The van der Waals surface area contributed by atoms with Crippen molar-refractivity contribution in [2.24, 2.45) is 4.99 Å². The number of hydrogen-bond donors (Lipinski definition) is 0. The maximum absolute atomic E-state index is 13.2. The Morgan fingerprint density at radius 3 is 2.56 bits per heavy atom. The molecule has 1 amide bonds. The summed E-state index contributed by atoms with van der Waals surface area (Å²) < 4.78 is 0. The number of carbonyl (C=O) groups excluding carboxylic acids is 1. The Morgan fingerprint density at radius 1 is 1.11 bits per heavy atom.